The quantitative estimate of drug-likeness (QED) is 0.495. The Bertz CT molecular complexity index is 561. The molecule has 2 unspecified atom stereocenters. The topological polar surface area (TPSA) is 110 Å². The Balaban J connectivity index is 2.16. The van der Waals surface area contributed by atoms with Crippen molar-refractivity contribution in [3.8, 4) is 0 Å². The number of aliphatic hydroxyl groups is 1. The lowest BCUT2D eigenvalue weighted by Gasteiger charge is -2.23. The fourth-order valence-corrected chi connectivity index (χ4v) is 2.77. The Morgan fingerprint density at radius 3 is 2.81 bits per heavy atom. The van der Waals surface area contributed by atoms with E-state index in [9.17, 15) is 20.0 Å². The number of rotatable bonds is 4. The normalized spacial score (nSPS) is 21.2. The number of para-hydroxylation sites is 1. The molecule has 114 valence electrons. The predicted octanol–water partition coefficient (Wildman–Crippen LogP) is 1.41. The molecule has 1 amide bonds. The van der Waals surface area contributed by atoms with Crippen molar-refractivity contribution in [1.29, 1.82) is 0 Å². The van der Waals surface area contributed by atoms with Crippen molar-refractivity contribution < 1.29 is 14.8 Å². The Morgan fingerprint density at radius 2 is 2.24 bits per heavy atom. The molecule has 1 aromatic carbocycles. The van der Waals surface area contributed by atoms with Crippen LogP contribution in [0.5, 0.6) is 0 Å². The molecule has 1 saturated carbocycles. The van der Waals surface area contributed by atoms with E-state index in [-0.39, 0.29) is 34.9 Å². The van der Waals surface area contributed by atoms with Crippen molar-refractivity contribution in [2.45, 2.75) is 25.4 Å². The first-order chi connectivity index (χ1) is 9.91. The van der Waals surface area contributed by atoms with Crippen molar-refractivity contribution in [2.75, 3.05) is 19.3 Å². The van der Waals surface area contributed by atoms with Crippen LogP contribution in [0.4, 0.5) is 11.4 Å². The van der Waals surface area contributed by atoms with Gasteiger partial charge in [0, 0.05) is 25.6 Å². The van der Waals surface area contributed by atoms with Gasteiger partial charge in [0.25, 0.3) is 11.6 Å². The van der Waals surface area contributed by atoms with Gasteiger partial charge in [-0.2, -0.15) is 0 Å². The van der Waals surface area contributed by atoms with Gasteiger partial charge in [0.15, 0.2) is 0 Å². The van der Waals surface area contributed by atoms with Crippen LogP contribution < -0.4 is 5.73 Å². The third-order valence-electron chi connectivity index (χ3n) is 3.98. The minimum absolute atomic E-state index is 0.0545. The predicted molar refractivity (Wildman–Crippen MR) is 77.8 cm³/mol. The maximum absolute atomic E-state index is 12.4. The van der Waals surface area contributed by atoms with Crippen LogP contribution in [0.15, 0.2) is 18.2 Å². The highest BCUT2D eigenvalue weighted by molar-refractivity contribution is 6.00. The fraction of sp³-hybridized carbons (Fsp3) is 0.500. The molecule has 0 aliphatic heterocycles. The van der Waals surface area contributed by atoms with Gasteiger partial charge < -0.3 is 15.7 Å². The summed E-state index contributed by atoms with van der Waals surface area (Å²) >= 11 is 0. The van der Waals surface area contributed by atoms with Crippen LogP contribution in [0.3, 0.4) is 0 Å². The van der Waals surface area contributed by atoms with Crippen LogP contribution in [-0.2, 0) is 0 Å². The largest absolute Gasteiger partial charge is 0.393 e. The summed E-state index contributed by atoms with van der Waals surface area (Å²) < 4.78 is 0. The van der Waals surface area contributed by atoms with Crippen LogP contribution in [0.25, 0.3) is 0 Å². The minimum atomic E-state index is -0.604. The zero-order valence-corrected chi connectivity index (χ0v) is 11.9. The van der Waals surface area contributed by atoms with E-state index in [4.69, 9.17) is 5.73 Å². The highest BCUT2D eigenvalue weighted by Gasteiger charge is 2.29. The number of hydrogen-bond acceptors (Lipinski definition) is 5. The fourth-order valence-electron chi connectivity index (χ4n) is 2.77. The van der Waals surface area contributed by atoms with Gasteiger partial charge in [-0.3, -0.25) is 14.9 Å². The summed E-state index contributed by atoms with van der Waals surface area (Å²) in [5.41, 5.74) is 5.46. The number of hydrogen-bond donors (Lipinski definition) is 2. The maximum Gasteiger partial charge on any atom is 0.292 e. The average molecular weight is 293 g/mol. The molecule has 1 aromatic rings. The molecule has 7 nitrogen and oxygen atoms in total. The van der Waals surface area contributed by atoms with E-state index in [1.54, 1.807) is 7.05 Å². The minimum Gasteiger partial charge on any atom is -0.393 e. The highest BCUT2D eigenvalue weighted by atomic mass is 16.6. The molecule has 0 spiro atoms. The van der Waals surface area contributed by atoms with Crippen molar-refractivity contribution >= 4 is 17.3 Å². The summed E-state index contributed by atoms with van der Waals surface area (Å²) in [4.78, 5) is 24.1. The number of aliphatic hydroxyl groups excluding tert-OH is 1. The number of nitro groups is 1. The van der Waals surface area contributed by atoms with Gasteiger partial charge in [0.05, 0.1) is 16.6 Å². The summed E-state index contributed by atoms with van der Waals surface area (Å²) in [5.74, 6) is -0.311. The molecule has 3 N–H and O–H groups in total. The summed E-state index contributed by atoms with van der Waals surface area (Å²) in [6, 6.07) is 4.19. The van der Waals surface area contributed by atoms with Gasteiger partial charge in [-0.15, -0.1) is 0 Å². The first kappa shape index (κ1) is 15.2. The van der Waals surface area contributed by atoms with Gasteiger partial charge in [-0.05, 0) is 18.9 Å². The lowest BCUT2D eigenvalue weighted by molar-refractivity contribution is -0.383. The van der Waals surface area contributed by atoms with Crippen LogP contribution >= 0.6 is 0 Å². The van der Waals surface area contributed by atoms with E-state index < -0.39 is 4.92 Å². The molecule has 1 aliphatic rings. The molecular weight excluding hydrogens is 274 g/mol. The molecule has 1 fully saturated rings. The van der Waals surface area contributed by atoms with E-state index in [0.29, 0.717) is 6.54 Å². The summed E-state index contributed by atoms with van der Waals surface area (Å²) in [5, 5.41) is 20.7. The van der Waals surface area contributed by atoms with E-state index in [0.717, 1.165) is 19.3 Å². The SMILES string of the molecule is CN(CC1CCCC1O)C(=O)c1cccc([N+](=O)[O-])c1N. The molecule has 2 rings (SSSR count). The number of anilines is 1. The van der Waals surface area contributed by atoms with Crippen LogP contribution in [0.2, 0.25) is 0 Å². The second kappa shape index (κ2) is 6.09. The molecule has 2 atom stereocenters. The number of amides is 1. The molecule has 1 aliphatic carbocycles. The zero-order valence-electron chi connectivity index (χ0n) is 11.9. The number of carbonyl (C=O) groups is 1. The lowest BCUT2D eigenvalue weighted by atomic mass is 10.0. The third kappa shape index (κ3) is 3.13. The summed E-state index contributed by atoms with van der Waals surface area (Å²) in [7, 11) is 1.62. The maximum atomic E-state index is 12.4. The van der Waals surface area contributed by atoms with Crippen molar-refractivity contribution in [2.24, 2.45) is 5.92 Å². The first-order valence-electron chi connectivity index (χ1n) is 6.88. The van der Waals surface area contributed by atoms with Gasteiger partial charge in [-0.1, -0.05) is 12.5 Å². The van der Waals surface area contributed by atoms with Crippen LogP contribution in [0, 0.1) is 16.0 Å². The highest BCUT2D eigenvalue weighted by Crippen LogP contribution is 2.28. The van der Waals surface area contributed by atoms with Gasteiger partial charge in [0.1, 0.15) is 5.69 Å². The van der Waals surface area contributed by atoms with E-state index in [1.165, 1.54) is 23.1 Å². The Labute approximate surface area is 122 Å². The molecule has 21 heavy (non-hydrogen) atoms. The van der Waals surface area contributed by atoms with Gasteiger partial charge in [0.2, 0.25) is 0 Å². The van der Waals surface area contributed by atoms with Gasteiger partial charge >= 0.3 is 0 Å². The number of nitrogens with zero attached hydrogens (tertiary/aromatic N) is 2. The Kier molecular flexibility index (Phi) is 4.42. The van der Waals surface area contributed by atoms with Crippen LogP contribution in [-0.4, -0.2) is 40.5 Å². The van der Waals surface area contributed by atoms with E-state index >= 15 is 0 Å². The molecule has 0 heterocycles. The van der Waals surface area contributed by atoms with Crippen molar-refractivity contribution in [3.63, 3.8) is 0 Å². The van der Waals surface area contributed by atoms with Crippen molar-refractivity contribution in [1.82, 2.24) is 4.90 Å². The Hall–Kier alpha value is -2.15. The van der Waals surface area contributed by atoms with Crippen LogP contribution in [0.1, 0.15) is 29.6 Å². The van der Waals surface area contributed by atoms with Crippen molar-refractivity contribution in [3.05, 3.63) is 33.9 Å². The Morgan fingerprint density at radius 1 is 1.52 bits per heavy atom. The van der Waals surface area contributed by atoms with E-state index in [1.807, 2.05) is 0 Å². The number of nitrogen functional groups attached to an aromatic ring is 1. The second-order valence-corrected chi connectivity index (χ2v) is 5.44. The molecule has 0 saturated heterocycles. The third-order valence-corrected chi connectivity index (χ3v) is 3.98. The monoisotopic (exact) mass is 293 g/mol. The second-order valence-electron chi connectivity index (χ2n) is 5.44. The van der Waals surface area contributed by atoms with Gasteiger partial charge in [-0.25, -0.2) is 0 Å². The molecule has 0 bridgehead atoms. The molecular formula is C14H19N3O4. The first-order valence-corrected chi connectivity index (χ1v) is 6.88. The zero-order chi connectivity index (χ0) is 15.6. The summed E-state index contributed by atoms with van der Waals surface area (Å²) in [6.07, 6.45) is 2.20. The standard InChI is InChI=1S/C14H19N3O4/c1-16(8-9-4-2-7-12(9)18)14(19)10-5-3-6-11(13(10)15)17(20)21/h3,5-6,9,12,18H,2,4,7-8,15H2,1H3. The average Bonchev–Trinajstić information content (AvgIpc) is 2.83. The summed E-state index contributed by atoms with van der Waals surface area (Å²) in [6.45, 7) is 0.419. The number of benzene rings is 1. The molecule has 7 heteroatoms. The number of carbonyl (C=O) groups excluding carboxylic acids is 1. The van der Waals surface area contributed by atoms with E-state index in [2.05, 4.69) is 0 Å². The molecule has 0 radical (unpaired) electrons. The number of nitrogens with two attached hydrogens (primary N) is 1. The number of nitro benzene ring substituents is 1. The lowest BCUT2D eigenvalue weighted by Crippen LogP contribution is -2.34. The smallest absolute Gasteiger partial charge is 0.292 e. The molecule has 0 aromatic heterocycles.